The number of rotatable bonds is 5. The first-order valence-electron chi connectivity index (χ1n) is 7.04. The van der Waals surface area contributed by atoms with E-state index in [2.05, 4.69) is 20.3 Å². The van der Waals surface area contributed by atoms with E-state index < -0.39 is 0 Å². The van der Waals surface area contributed by atoms with Gasteiger partial charge in [0.15, 0.2) is 0 Å². The van der Waals surface area contributed by atoms with Gasteiger partial charge in [0.2, 0.25) is 5.88 Å². The minimum atomic E-state index is -0.280. The highest BCUT2D eigenvalue weighted by atomic mass is 19.1. The van der Waals surface area contributed by atoms with E-state index in [0.29, 0.717) is 5.88 Å². The molecule has 0 radical (unpaired) electrons. The number of halogens is 1. The number of hydrogen-bond acceptors (Lipinski definition) is 5. The van der Waals surface area contributed by atoms with Crippen molar-refractivity contribution in [1.29, 1.82) is 0 Å². The van der Waals surface area contributed by atoms with Crippen molar-refractivity contribution in [2.24, 2.45) is 0 Å². The van der Waals surface area contributed by atoms with Crippen molar-refractivity contribution in [3.8, 4) is 5.88 Å². The van der Waals surface area contributed by atoms with Crippen molar-refractivity contribution >= 4 is 5.69 Å². The molecule has 2 heterocycles. The van der Waals surface area contributed by atoms with E-state index in [9.17, 15) is 4.39 Å². The molecule has 116 valence electrons. The predicted octanol–water partition coefficient (Wildman–Crippen LogP) is 3.22. The van der Waals surface area contributed by atoms with Gasteiger partial charge in [0.1, 0.15) is 5.82 Å². The summed E-state index contributed by atoms with van der Waals surface area (Å²) < 4.78 is 18.2. The van der Waals surface area contributed by atoms with Gasteiger partial charge in [0.25, 0.3) is 0 Å². The monoisotopic (exact) mass is 310 g/mol. The van der Waals surface area contributed by atoms with Crippen LogP contribution in [0, 0.1) is 5.82 Å². The molecule has 0 saturated carbocycles. The quantitative estimate of drug-likeness (QED) is 0.784. The number of aromatic nitrogens is 3. The Kier molecular flexibility index (Phi) is 4.42. The van der Waals surface area contributed by atoms with E-state index in [4.69, 9.17) is 4.74 Å². The predicted molar refractivity (Wildman–Crippen MR) is 84.7 cm³/mol. The Bertz CT molecular complexity index is 748. The van der Waals surface area contributed by atoms with Crippen molar-refractivity contribution in [1.82, 2.24) is 15.0 Å². The van der Waals surface area contributed by atoms with Gasteiger partial charge in [-0.2, -0.15) is 0 Å². The summed E-state index contributed by atoms with van der Waals surface area (Å²) in [7, 11) is 1.57. The molecule has 0 saturated heterocycles. The van der Waals surface area contributed by atoms with Crippen LogP contribution in [-0.4, -0.2) is 22.1 Å². The molecule has 3 rings (SSSR count). The molecule has 0 bridgehead atoms. The first-order chi connectivity index (χ1) is 11.3. The number of anilines is 1. The second kappa shape index (κ2) is 6.83. The SMILES string of the molecule is COc1ccc(N[C@@H](c2ccc(F)cc2)c2cnccn2)cn1. The van der Waals surface area contributed by atoms with Gasteiger partial charge in [-0.25, -0.2) is 9.37 Å². The van der Waals surface area contributed by atoms with Gasteiger partial charge in [0, 0.05) is 18.5 Å². The van der Waals surface area contributed by atoms with Crippen LogP contribution in [0.25, 0.3) is 0 Å². The normalized spacial score (nSPS) is 11.7. The van der Waals surface area contributed by atoms with Gasteiger partial charge < -0.3 is 10.1 Å². The maximum absolute atomic E-state index is 13.2. The molecule has 6 heteroatoms. The topological polar surface area (TPSA) is 59.9 Å². The number of methoxy groups -OCH3 is 1. The lowest BCUT2D eigenvalue weighted by Crippen LogP contribution is -2.14. The molecule has 0 aliphatic heterocycles. The fourth-order valence-electron chi connectivity index (χ4n) is 2.20. The minimum absolute atomic E-state index is 0.264. The summed E-state index contributed by atoms with van der Waals surface area (Å²) in [6.07, 6.45) is 6.59. The molecule has 0 unspecified atom stereocenters. The minimum Gasteiger partial charge on any atom is -0.481 e. The molecule has 0 spiro atoms. The molecule has 2 aromatic heterocycles. The lowest BCUT2D eigenvalue weighted by atomic mass is 10.0. The average Bonchev–Trinajstić information content (AvgIpc) is 2.62. The van der Waals surface area contributed by atoms with Crippen LogP contribution in [0.4, 0.5) is 10.1 Å². The molecular formula is C17H15FN4O. The lowest BCUT2D eigenvalue weighted by Gasteiger charge is -2.19. The summed E-state index contributed by atoms with van der Waals surface area (Å²) in [4.78, 5) is 12.6. The Morgan fingerprint density at radius 1 is 1.00 bits per heavy atom. The first kappa shape index (κ1) is 14.9. The Hall–Kier alpha value is -3.02. The fraction of sp³-hybridized carbons (Fsp3) is 0.118. The van der Waals surface area contributed by atoms with Crippen molar-refractivity contribution in [3.63, 3.8) is 0 Å². The Labute approximate surface area is 133 Å². The van der Waals surface area contributed by atoms with E-state index in [0.717, 1.165) is 16.9 Å². The second-order valence-corrected chi connectivity index (χ2v) is 4.85. The van der Waals surface area contributed by atoms with Crippen molar-refractivity contribution < 1.29 is 9.13 Å². The zero-order valence-electron chi connectivity index (χ0n) is 12.5. The van der Waals surface area contributed by atoms with Crippen molar-refractivity contribution in [2.75, 3.05) is 12.4 Å². The van der Waals surface area contributed by atoms with E-state index >= 15 is 0 Å². The van der Waals surface area contributed by atoms with Crippen LogP contribution in [0.2, 0.25) is 0 Å². The summed E-state index contributed by atoms with van der Waals surface area (Å²) in [6.45, 7) is 0. The number of nitrogens with one attached hydrogen (secondary N) is 1. The molecule has 0 aliphatic rings. The number of nitrogens with zero attached hydrogens (tertiary/aromatic N) is 3. The van der Waals surface area contributed by atoms with Crippen LogP contribution in [0.15, 0.2) is 61.2 Å². The van der Waals surface area contributed by atoms with Gasteiger partial charge in [-0.15, -0.1) is 0 Å². The second-order valence-electron chi connectivity index (χ2n) is 4.85. The molecule has 5 nitrogen and oxygen atoms in total. The van der Waals surface area contributed by atoms with Crippen LogP contribution in [0.3, 0.4) is 0 Å². The first-order valence-corrected chi connectivity index (χ1v) is 7.04. The highest BCUT2D eigenvalue weighted by Gasteiger charge is 2.16. The highest BCUT2D eigenvalue weighted by molar-refractivity contribution is 5.47. The standard InChI is InChI=1S/C17H15FN4O/c1-23-16-7-6-14(10-21-16)22-17(15-11-19-8-9-20-15)12-2-4-13(18)5-3-12/h2-11,17,22H,1H3/t17-/m0/s1. The van der Waals surface area contributed by atoms with Gasteiger partial charge in [-0.05, 0) is 23.8 Å². The molecular weight excluding hydrogens is 295 g/mol. The third-order valence-corrected chi connectivity index (χ3v) is 3.34. The lowest BCUT2D eigenvalue weighted by molar-refractivity contribution is 0.398. The van der Waals surface area contributed by atoms with Crippen LogP contribution in [-0.2, 0) is 0 Å². The summed E-state index contributed by atoms with van der Waals surface area (Å²) in [5.41, 5.74) is 2.41. The molecule has 1 N–H and O–H groups in total. The van der Waals surface area contributed by atoms with E-state index in [1.165, 1.54) is 12.1 Å². The molecule has 0 aliphatic carbocycles. The van der Waals surface area contributed by atoms with Crippen molar-refractivity contribution in [3.05, 3.63) is 78.3 Å². The highest BCUT2D eigenvalue weighted by Crippen LogP contribution is 2.25. The van der Waals surface area contributed by atoms with Crippen LogP contribution in [0.1, 0.15) is 17.3 Å². The largest absolute Gasteiger partial charge is 0.481 e. The zero-order valence-corrected chi connectivity index (χ0v) is 12.5. The van der Waals surface area contributed by atoms with Crippen LogP contribution < -0.4 is 10.1 Å². The molecule has 0 amide bonds. The molecule has 1 aromatic carbocycles. The summed E-state index contributed by atoms with van der Waals surface area (Å²) in [6, 6.07) is 9.65. The average molecular weight is 310 g/mol. The van der Waals surface area contributed by atoms with Gasteiger partial charge in [-0.3, -0.25) is 9.97 Å². The van der Waals surface area contributed by atoms with Crippen LogP contribution in [0.5, 0.6) is 5.88 Å². The number of pyridine rings is 1. The van der Waals surface area contributed by atoms with Crippen LogP contribution >= 0.6 is 0 Å². The third kappa shape index (κ3) is 3.60. The smallest absolute Gasteiger partial charge is 0.213 e. The van der Waals surface area contributed by atoms with Crippen molar-refractivity contribution in [2.45, 2.75) is 6.04 Å². The maximum Gasteiger partial charge on any atom is 0.213 e. The molecule has 23 heavy (non-hydrogen) atoms. The Balaban J connectivity index is 1.93. The molecule has 3 aromatic rings. The number of ether oxygens (including phenoxy) is 1. The molecule has 0 fully saturated rings. The van der Waals surface area contributed by atoms with E-state index in [-0.39, 0.29) is 11.9 Å². The Morgan fingerprint density at radius 3 is 2.43 bits per heavy atom. The van der Waals surface area contributed by atoms with Gasteiger partial charge in [-0.1, -0.05) is 12.1 Å². The van der Waals surface area contributed by atoms with Gasteiger partial charge >= 0.3 is 0 Å². The summed E-state index contributed by atoms with van der Waals surface area (Å²) in [5.74, 6) is 0.256. The van der Waals surface area contributed by atoms with E-state index in [1.54, 1.807) is 50.1 Å². The molecule has 1 atom stereocenters. The summed E-state index contributed by atoms with van der Waals surface area (Å²) >= 11 is 0. The summed E-state index contributed by atoms with van der Waals surface area (Å²) in [5, 5.41) is 3.34. The number of benzene rings is 1. The fourth-order valence-corrected chi connectivity index (χ4v) is 2.20. The van der Waals surface area contributed by atoms with Gasteiger partial charge in [0.05, 0.1) is 36.9 Å². The number of hydrogen-bond donors (Lipinski definition) is 1. The maximum atomic E-state index is 13.2. The Morgan fingerprint density at radius 2 is 1.83 bits per heavy atom. The van der Waals surface area contributed by atoms with E-state index in [1.807, 2.05) is 6.07 Å². The third-order valence-electron chi connectivity index (χ3n) is 3.34. The zero-order chi connectivity index (χ0) is 16.1.